The Morgan fingerprint density at radius 2 is 2.00 bits per heavy atom. The minimum atomic E-state index is -4.77. The number of benzene rings is 1. The molecular formula is C13H11F3N2O2S. The van der Waals surface area contributed by atoms with Crippen molar-refractivity contribution >= 4 is 12.2 Å². The lowest BCUT2D eigenvalue weighted by molar-refractivity contribution is -0.274. The fourth-order valence-corrected chi connectivity index (χ4v) is 1.99. The molecule has 0 amide bonds. The van der Waals surface area contributed by atoms with Crippen LogP contribution >= 0.6 is 12.2 Å². The number of methoxy groups -OCH3 is 1. The van der Waals surface area contributed by atoms with Crippen LogP contribution in [-0.2, 0) is 11.3 Å². The van der Waals surface area contributed by atoms with Gasteiger partial charge in [-0.25, -0.2) is 4.98 Å². The minimum absolute atomic E-state index is 0.166. The molecule has 0 unspecified atom stereocenters. The molecule has 1 aromatic heterocycles. The van der Waals surface area contributed by atoms with Crippen molar-refractivity contribution in [1.82, 2.24) is 9.97 Å². The lowest BCUT2D eigenvalue weighted by Gasteiger charge is -2.13. The lowest BCUT2D eigenvalue weighted by atomic mass is 10.1. The van der Waals surface area contributed by atoms with Crippen LogP contribution in [0.2, 0.25) is 0 Å². The van der Waals surface area contributed by atoms with E-state index >= 15 is 0 Å². The topological polar surface area (TPSA) is 47.1 Å². The minimum Gasteiger partial charge on any atom is -0.405 e. The van der Waals surface area contributed by atoms with Gasteiger partial charge in [-0.3, -0.25) is 0 Å². The van der Waals surface area contributed by atoms with E-state index in [2.05, 4.69) is 14.7 Å². The summed E-state index contributed by atoms with van der Waals surface area (Å²) in [7, 11) is 1.48. The van der Waals surface area contributed by atoms with Gasteiger partial charge in [0.1, 0.15) is 22.8 Å². The van der Waals surface area contributed by atoms with Gasteiger partial charge in [0.05, 0.1) is 5.69 Å². The zero-order valence-electron chi connectivity index (χ0n) is 10.9. The Bertz CT molecular complexity index is 686. The molecule has 0 atom stereocenters. The molecule has 0 aliphatic carbocycles. The van der Waals surface area contributed by atoms with Crippen molar-refractivity contribution in [1.29, 1.82) is 0 Å². The third-order valence-corrected chi connectivity index (χ3v) is 2.69. The van der Waals surface area contributed by atoms with E-state index in [1.165, 1.54) is 31.4 Å². The first-order valence-electron chi connectivity index (χ1n) is 5.83. The smallest absolute Gasteiger partial charge is 0.405 e. The average Bonchev–Trinajstić information content (AvgIpc) is 2.37. The number of halogens is 3. The van der Waals surface area contributed by atoms with E-state index in [0.29, 0.717) is 11.5 Å². The van der Waals surface area contributed by atoms with Crippen LogP contribution < -0.4 is 4.74 Å². The van der Waals surface area contributed by atoms with E-state index in [1.54, 1.807) is 6.07 Å². The molecule has 0 bridgehead atoms. The van der Waals surface area contributed by atoms with Crippen LogP contribution in [0.3, 0.4) is 0 Å². The first-order chi connectivity index (χ1) is 9.89. The molecule has 2 rings (SSSR count). The molecule has 21 heavy (non-hydrogen) atoms. The summed E-state index contributed by atoms with van der Waals surface area (Å²) in [5.41, 5.74) is 0.613. The summed E-state index contributed by atoms with van der Waals surface area (Å²) < 4.78 is 46.5. The molecule has 0 aliphatic heterocycles. The average molecular weight is 316 g/mol. The summed E-state index contributed by atoms with van der Waals surface area (Å²) in [6.07, 6.45) is -4.77. The van der Waals surface area contributed by atoms with Crippen LogP contribution in [-0.4, -0.2) is 23.4 Å². The quantitative estimate of drug-likeness (QED) is 0.870. The van der Waals surface area contributed by atoms with E-state index < -0.39 is 6.36 Å². The van der Waals surface area contributed by atoms with Crippen LogP contribution in [0.4, 0.5) is 13.2 Å². The van der Waals surface area contributed by atoms with Crippen LogP contribution in [0.1, 0.15) is 5.82 Å². The number of para-hydroxylation sites is 1. The second-order valence-corrected chi connectivity index (χ2v) is 4.47. The SMILES string of the molecule is COCc1nc(=S)cc(-c2ccccc2OC(F)(F)F)[nH]1. The summed E-state index contributed by atoms with van der Waals surface area (Å²) in [5.74, 6) is 0.104. The van der Waals surface area contributed by atoms with Gasteiger partial charge in [0.25, 0.3) is 0 Å². The van der Waals surface area contributed by atoms with Crippen molar-refractivity contribution < 1.29 is 22.6 Å². The summed E-state index contributed by atoms with van der Waals surface area (Å²) in [5, 5.41) is 0. The fraction of sp³-hybridized carbons (Fsp3) is 0.231. The maximum absolute atomic E-state index is 12.4. The number of rotatable bonds is 4. The van der Waals surface area contributed by atoms with Crippen molar-refractivity contribution in [3.8, 4) is 17.0 Å². The second kappa shape index (κ2) is 6.23. The molecule has 1 aromatic carbocycles. The highest BCUT2D eigenvalue weighted by atomic mass is 32.1. The van der Waals surface area contributed by atoms with Gasteiger partial charge < -0.3 is 14.5 Å². The van der Waals surface area contributed by atoms with Gasteiger partial charge in [-0.1, -0.05) is 24.4 Å². The highest BCUT2D eigenvalue weighted by Gasteiger charge is 2.32. The van der Waals surface area contributed by atoms with Gasteiger partial charge in [-0.05, 0) is 18.2 Å². The largest absolute Gasteiger partial charge is 0.573 e. The molecule has 0 fully saturated rings. The number of aromatic nitrogens is 2. The van der Waals surface area contributed by atoms with E-state index in [-0.39, 0.29) is 22.6 Å². The van der Waals surface area contributed by atoms with E-state index in [1.807, 2.05) is 0 Å². The number of alkyl halides is 3. The van der Waals surface area contributed by atoms with Crippen LogP contribution in [0.25, 0.3) is 11.3 Å². The van der Waals surface area contributed by atoms with Gasteiger partial charge >= 0.3 is 6.36 Å². The molecule has 0 saturated carbocycles. The molecule has 2 aromatic rings. The van der Waals surface area contributed by atoms with E-state index in [0.717, 1.165) is 0 Å². The predicted octanol–water partition coefficient (Wildman–Crippen LogP) is 3.85. The van der Waals surface area contributed by atoms with Crippen molar-refractivity contribution in [2.75, 3.05) is 7.11 Å². The van der Waals surface area contributed by atoms with E-state index in [4.69, 9.17) is 17.0 Å². The Morgan fingerprint density at radius 1 is 1.29 bits per heavy atom. The molecule has 4 nitrogen and oxygen atoms in total. The monoisotopic (exact) mass is 316 g/mol. The maximum Gasteiger partial charge on any atom is 0.573 e. The highest BCUT2D eigenvalue weighted by Crippen LogP contribution is 2.32. The van der Waals surface area contributed by atoms with Crippen LogP contribution in [0.15, 0.2) is 30.3 Å². The van der Waals surface area contributed by atoms with Crippen molar-refractivity contribution in [2.24, 2.45) is 0 Å². The molecule has 0 aliphatic rings. The van der Waals surface area contributed by atoms with Crippen molar-refractivity contribution in [3.63, 3.8) is 0 Å². The molecule has 0 radical (unpaired) electrons. The summed E-state index contributed by atoms with van der Waals surface area (Å²) in [6.45, 7) is 0.166. The fourth-order valence-electron chi connectivity index (χ4n) is 1.76. The number of ether oxygens (including phenoxy) is 2. The third kappa shape index (κ3) is 4.27. The lowest BCUT2D eigenvalue weighted by Crippen LogP contribution is -2.17. The van der Waals surface area contributed by atoms with Gasteiger partial charge in [0.15, 0.2) is 0 Å². The summed E-state index contributed by atoms with van der Waals surface area (Å²) in [4.78, 5) is 6.90. The standard InChI is InChI=1S/C13H11F3N2O2S/c1-19-7-11-17-9(6-12(21)18-11)8-4-2-3-5-10(8)20-13(14,15)16/h2-6H,7H2,1H3,(H,17,18,21). The number of nitrogens with zero attached hydrogens (tertiary/aromatic N) is 1. The van der Waals surface area contributed by atoms with Gasteiger partial charge in [0.2, 0.25) is 0 Å². The number of aromatic amines is 1. The Hall–Kier alpha value is -1.93. The Morgan fingerprint density at radius 3 is 2.67 bits per heavy atom. The van der Waals surface area contributed by atoms with Gasteiger partial charge in [0, 0.05) is 12.7 Å². The van der Waals surface area contributed by atoms with Crippen LogP contribution in [0.5, 0.6) is 5.75 Å². The molecule has 8 heteroatoms. The van der Waals surface area contributed by atoms with Crippen molar-refractivity contribution in [2.45, 2.75) is 13.0 Å². The molecule has 0 saturated heterocycles. The molecule has 0 spiro atoms. The van der Waals surface area contributed by atoms with Crippen LogP contribution in [0, 0.1) is 4.64 Å². The van der Waals surface area contributed by atoms with Gasteiger partial charge in [-0.2, -0.15) is 0 Å². The van der Waals surface area contributed by atoms with E-state index in [9.17, 15) is 13.2 Å². The summed E-state index contributed by atoms with van der Waals surface area (Å²) >= 11 is 5.00. The maximum atomic E-state index is 12.4. The first-order valence-corrected chi connectivity index (χ1v) is 6.24. The predicted molar refractivity (Wildman–Crippen MR) is 72.3 cm³/mol. The number of hydrogen-bond donors (Lipinski definition) is 1. The normalized spacial score (nSPS) is 11.4. The zero-order chi connectivity index (χ0) is 15.5. The number of hydrogen-bond acceptors (Lipinski definition) is 4. The Balaban J connectivity index is 2.49. The summed E-state index contributed by atoms with van der Waals surface area (Å²) in [6, 6.07) is 7.25. The zero-order valence-corrected chi connectivity index (χ0v) is 11.7. The number of H-pyrrole nitrogens is 1. The third-order valence-electron chi connectivity index (χ3n) is 2.48. The molecule has 1 heterocycles. The molecule has 112 valence electrons. The highest BCUT2D eigenvalue weighted by molar-refractivity contribution is 7.71. The Kier molecular flexibility index (Phi) is 4.59. The number of nitrogens with one attached hydrogen (secondary N) is 1. The van der Waals surface area contributed by atoms with Crippen molar-refractivity contribution in [3.05, 3.63) is 40.8 Å². The molecular weight excluding hydrogens is 305 g/mol. The first kappa shape index (κ1) is 15.5. The molecule has 1 N–H and O–H groups in total. The Labute approximate surface area is 123 Å². The van der Waals surface area contributed by atoms with Gasteiger partial charge in [-0.15, -0.1) is 13.2 Å². The second-order valence-electron chi connectivity index (χ2n) is 4.06.